The maximum absolute atomic E-state index is 12.4. The van der Waals surface area contributed by atoms with Gasteiger partial charge in [0.2, 0.25) is 0 Å². The van der Waals surface area contributed by atoms with Crippen LogP contribution in [0.5, 0.6) is 0 Å². The van der Waals surface area contributed by atoms with E-state index in [4.69, 9.17) is 0 Å². The maximum Gasteiger partial charge on any atom is 0.263 e. The van der Waals surface area contributed by atoms with Crippen LogP contribution in [0, 0.1) is 6.92 Å². The van der Waals surface area contributed by atoms with Crippen LogP contribution >= 0.6 is 0 Å². The van der Waals surface area contributed by atoms with E-state index in [0.29, 0.717) is 12.2 Å². The number of anilines is 1. The van der Waals surface area contributed by atoms with Crippen molar-refractivity contribution < 1.29 is 8.42 Å². The van der Waals surface area contributed by atoms with Crippen LogP contribution in [-0.4, -0.2) is 20.0 Å². The Morgan fingerprint density at radius 3 is 2.60 bits per heavy atom. The lowest BCUT2D eigenvalue weighted by atomic mass is 10.2. The normalized spacial score (nSPS) is 11.6. The van der Waals surface area contributed by atoms with E-state index in [0.717, 1.165) is 11.3 Å². The standard InChI is InChI=1S/C14H19N3O2S/c1-11-6-4-5-7-14(11)16-20(18,19)13-8-12(9-15-2)17(3)10-13/h4-8,10,15-16H,9H2,1-3H3. The molecule has 0 atom stereocenters. The summed E-state index contributed by atoms with van der Waals surface area (Å²) >= 11 is 0. The monoisotopic (exact) mass is 293 g/mol. The van der Waals surface area contributed by atoms with E-state index in [2.05, 4.69) is 10.0 Å². The highest BCUT2D eigenvalue weighted by Crippen LogP contribution is 2.20. The lowest BCUT2D eigenvalue weighted by molar-refractivity contribution is 0.601. The minimum Gasteiger partial charge on any atom is -0.352 e. The largest absolute Gasteiger partial charge is 0.352 e. The second-order valence-corrected chi connectivity index (χ2v) is 6.41. The number of sulfonamides is 1. The first-order valence-corrected chi connectivity index (χ1v) is 7.80. The number of para-hydroxylation sites is 1. The second kappa shape index (κ2) is 5.68. The fraction of sp³-hybridized carbons (Fsp3) is 0.286. The zero-order valence-electron chi connectivity index (χ0n) is 11.8. The van der Waals surface area contributed by atoms with Gasteiger partial charge in [-0.25, -0.2) is 8.42 Å². The molecule has 1 aromatic carbocycles. The van der Waals surface area contributed by atoms with E-state index < -0.39 is 10.0 Å². The van der Waals surface area contributed by atoms with Crippen LogP contribution < -0.4 is 10.0 Å². The van der Waals surface area contributed by atoms with Crippen molar-refractivity contribution in [2.45, 2.75) is 18.4 Å². The molecule has 2 rings (SSSR count). The molecule has 0 saturated carbocycles. The third-order valence-electron chi connectivity index (χ3n) is 3.14. The quantitative estimate of drug-likeness (QED) is 0.884. The Labute approximate surface area is 119 Å². The summed E-state index contributed by atoms with van der Waals surface area (Å²) in [5, 5.41) is 3.01. The highest BCUT2D eigenvalue weighted by Gasteiger charge is 2.18. The van der Waals surface area contributed by atoms with Gasteiger partial charge in [0, 0.05) is 25.5 Å². The van der Waals surface area contributed by atoms with E-state index in [1.807, 2.05) is 43.8 Å². The molecule has 20 heavy (non-hydrogen) atoms. The lowest BCUT2D eigenvalue weighted by Gasteiger charge is -2.08. The molecule has 0 amide bonds. The van der Waals surface area contributed by atoms with Gasteiger partial charge in [0.15, 0.2) is 0 Å². The van der Waals surface area contributed by atoms with Gasteiger partial charge in [-0.3, -0.25) is 4.72 Å². The smallest absolute Gasteiger partial charge is 0.263 e. The zero-order valence-corrected chi connectivity index (χ0v) is 12.7. The van der Waals surface area contributed by atoms with Crippen LogP contribution in [-0.2, 0) is 23.6 Å². The van der Waals surface area contributed by atoms with Gasteiger partial charge in [-0.1, -0.05) is 18.2 Å². The molecule has 0 unspecified atom stereocenters. The van der Waals surface area contributed by atoms with Crippen LogP contribution in [0.3, 0.4) is 0 Å². The van der Waals surface area contributed by atoms with Gasteiger partial charge < -0.3 is 9.88 Å². The first-order chi connectivity index (χ1) is 9.44. The summed E-state index contributed by atoms with van der Waals surface area (Å²) < 4.78 is 29.2. The Morgan fingerprint density at radius 1 is 1.25 bits per heavy atom. The van der Waals surface area contributed by atoms with E-state index >= 15 is 0 Å². The average Bonchev–Trinajstić information content (AvgIpc) is 2.75. The molecule has 0 radical (unpaired) electrons. The predicted octanol–water partition coefficient (Wildman–Crippen LogP) is 1.85. The van der Waals surface area contributed by atoms with Gasteiger partial charge in [0.05, 0.1) is 5.69 Å². The summed E-state index contributed by atoms with van der Waals surface area (Å²) in [7, 11) is 0.105. The molecule has 2 N–H and O–H groups in total. The van der Waals surface area contributed by atoms with Crippen LogP contribution in [0.2, 0.25) is 0 Å². The Bertz CT molecular complexity index is 705. The van der Waals surface area contributed by atoms with Crippen molar-refractivity contribution in [3.63, 3.8) is 0 Å². The summed E-state index contributed by atoms with van der Waals surface area (Å²) in [6, 6.07) is 8.99. The first-order valence-electron chi connectivity index (χ1n) is 6.32. The fourth-order valence-electron chi connectivity index (χ4n) is 1.97. The van der Waals surface area contributed by atoms with E-state index in [9.17, 15) is 8.42 Å². The summed E-state index contributed by atoms with van der Waals surface area (Å²) in [5.41, 5.74) is 2.41. The third-order valence-corrected chi connectivity index (χ3v) is 4.47. The highest BCUT2D eigenvalue weighted by molar-refractivity contribution is 7.92. The van der Waals surface area contributed by atoms with Gasteiger partial charge in [0.1, 0.15) is 4.90 Å². The molecular weight excluding hydrogens is 274 g/mol. The molecule has 0 spiro atoms. The Hall–Kier alpha value is -1.79. The molecule has 5 nitrogen and oxygen atoms in total. The molecule has 0 aliphatic heterocycles. The Balaban J connectivity index is 2.31. The van der Waals surface area contributed by atoms with Crippen LogP contribution in [0.25, 0.3) is 0 Å². The molecule has 1 heterocycles. The number of aryl methyl sites for hydroxylation is 2. The van der Waals surface area contributed by atoms with Crippen molar-refractivity contribution in [2.24, 2.45) is 7.05 Å². The average molecular weight is 293 g/mol. The van der Waals surface area contributed by atoms with Crippen molar-refractivity contribution in [1.82, 2.24) is 9.88 Å². The minimum atomic E-state index is -3.55. The predicted molar refractivity (Wildman–Crippen MR) is 80.2 cm³/mol. The maximum atomic E-state index is 12.4. The van der Waals surface area contributed by atoms with Crippen LogP contribution in [0.15, 0.2) is 41.4 Å². The number of benzene rings is 1. The Morgan fingerprint density at radius 2 is 1.95 bits per heavy atom. The summed E-state index contributed by atoms with van der Waals surface area (Å²) in [4.78, 5) is 0.272. The van der Waals surface area contributed by atoms with Gasteiger partial charge in [-0.2, -0.15) is 0 Å². The number of hydrogen-bond acceptors (Lipinski definition) is 3. The molecule has 0 saturated heterocycles. The molecule has 0 bridgehead atoms. The fourth-order valence-corrected chi connectivity index (χ4v) is 3.20. The lowest BCUT2D eigenvalue weighted by Crippen LogP contribution is -2.13. The first kappa shape index (κ1) is 14.6. The molecule has 2 aromatic rings. The number of hydrogen-bond donors (Lipinski definition) is 2. The molecule has 0 fully saturated rings. The highest BCUT2D eigenvalue weighted by atomic mass is 32.2. The van der Waals surface area contributed by atoms with Gasteiger partial charge in [0.25, 0.3) is 10.0 Å². The molecule has 108 valence electrons. The summed E-state index contributed by atoms with van der Waals surface area (Å²) in [6.45, 7) is 2.49. The van der Waals surface area contributed by atoms with E-state index in [1.54, 1.807) is 18.3 Å². The minimum absolute atomic E-state index is 0.272. The Kier molecular flexibility index (Phi) is 4.15. The van der Waals surface area contributed by atoms with E-state index in [-0.39, 0.29) is 4.90 Å². The SMILES string of the molecule is CNCc1cc(S(=O)(=O)Nc2ccccc2C)cn1C. The van der Waals surface area contributed by atoms with Gasteiger partial charge in [-0.05, 0) is 31.7 Å². The molecular formula is C14H19N3O2S. The molecule has 0 aliphatic rings. The van der Waals surface area contributed by atoms with Crippen molar-refractivity contribution >= 4 is 15.7 Å². The van der Waals surface area contributed by atoms with Crippen LogP contribution in [0.1, 0.15) is 11.3 Å². The van der Waals surface area contributed by atoms with Crippen molar-refractivity contribution in [2.75, 3.05) is 11.8 Å². The van der Waals surface area contributed by atoms with E-state index in [1.165, 1.54) is 0 Å². The number of rotatable bonds is 5. The third kappa shape index (κ3) is 3.02. The van der Waals surface area contributed by atoms with Crippen molar-refractivity contribution in [1.29, 1.82) is 0 Å². The van der Waals surface area contributed by atoms with Gasteiger partial charge in [-0.15, -0.1) is 0 Å². The second-order valence-electron chi connectivity index (χ2n) is 4.73. The topological polar surface area (TPSA) is 63.1 Å². The summed E-state index contributed by atoms with van der Waals surface area (Å²) in [5.74, 6) is 0. The number of aromatic nitrogens is 1. The van der Waals surface area contributed by atoms with Crippen molar-refractivity contribution in [3.05, 3.63) is 47.8 Å². The van der Waals surface area contributed by atoms with Gasteiger partial charge >= 0.3 is 0 Å². The van der Waals surface area contributed by atoms with Crippen molar-refractivity contribution in [3.8, 4) is 0 Å². The summed E-state index contributed by atoms with van der Waals surface area (Å²) in [6.07, 6.45) is 1.62. The zero-order chi connectivity index (χ0) is 14.8. The molecule has 1 aromatic heterocycles. The molecule has 0 aliphatic carbocycles. The number of nitrogens with one attached hydrogen (secondary N) is 2. The number of nitrogens with zero attached hydrogens (tertiary/aromatic N) is 1. The molecule has 6 heteroatoms. The van der Waals surface area contributed by atoms with Crippen LogP contribution in [0.4, 0.5) is 5.69 Å².